The van der Waals surface area contributed by atoms with Gasteiger partial charge in [0, 0.05) is 31.6 Å². The van der Waals surface area contributed by atoms with Crippen molar-refractivity contribution in [1.29, 1.82) is 5.26 Å². The molecule has 0 amide bonds. The van der Waals surface area contributed by atoms with Crippen molar-refractivity contribution in [2.45, 2.75) is 20.3 Å². The number of hydrogen-bond donors (Lipinski definition) is 1. The fraction of sp³-hybridized carbons (Fsp3) is 0.444. The zero-order chi connectivity index (χ0) is 16.2. The number of nitrogens with one attached hydrogen (secondary N) is 1. The quantitative estimate of drug-likeness (QED) is 0.940. The Morgan fingerprint density at radius 3 is 2.83 bits per heavy atom. The van der Waals surface area contributed by atoms with E-state index in [-0.39, 0.29) is 0 Å². The number of aryl methyl sites for hydroxylation is 1. The van der Waals surface area contributed by atoms with Gasteiger partial charge in [-0.2, -0.15) is 5.26 Å². The lowest BCUT2D eigenvalue weighted by Gasteiger charge is -2.31. The molecule has 0 bridgehead atoms. The van der Waals surface area contributed by atoms with E-state index in [0.29, 0.717) is 18.1 Å². The molecule has 2 aromatic rings. The topological polar surface area (TPSA) is 61.2 Å². The molecule has 0 radical (unpaired) electrons. The van der Waals surface area contributed by atoms with Gasteiger partial charge in [0.2, 0.25) is 5.88 Å². The molecular formula is C18H22N4O. The summed E-state index contributed by atoms with van der Waals surface area (Å²) < 4.78 is 5.78. The molecule has 23 heavy (non-hydrogen) atoms. The zero-order valence-electron chi connectivity index (χ0n) is 13.7. The van der Waals surface area contributed by atoms with Gasteiger partial charge in [-0.3, -0.25) is 0 Å². The standard InChI is InChI=1S/C18H22N4O/c1-3-11-23-18-14(12-19)17(22-9-7-20-8-10-22)16-13(2)5-4-6-15(16)21-18/h4-6,20H,3,7-11H2,1-2H3. The Kier molecular flexibility index (Phi) is 4.63. The maximum Gasteiger partial charge on any atom is 0.234 e. The Labute approximate surface area is 136 Å². The molecule has 5 nitrogen and oxygen atoms in total. The van der Waals surface area contributed by atoms with Crippen LogP contribution in [0.5, 0.6) is 5.88 Å². The maximum absolute atomic E-state index is 9.77. The number of nitrogens with zero attached hydrogens (tertiary/aromatic N) is 3. The van der Waals surface area contributed by atoms with Gasteiger partial charge in [-0.15, -0.1) is 0 Å². The van der Waals surface area contributed by atoms with Gasteiger partial charge in [0.25, 0.3) is 0 Å². The summed E-state index contributed by atoms with van der Waals surface area (Å²) >= 11 is 0. The summed E-state index contributed by atoms with van der Waals surface area (Å²) in [5.41, 5.74) is 3.57. The van der Waals surface area contributed by atoms with Crippen LogP contribution in [0.2, 0.25) is 0 Å². The lowest BCUT2D eigenvalue weighted by atomic mass is 10.0. The predicted molar refractivity (Wildman–Crippen MR) is 92.1 cm³/mol. The summed E-state index contributed by atoms with van der Waals surface area (Å²) in [5.74, 6) is 0.459. The normalized spacial score (nSPS) is 14.7. The van der Waals surface area contributed by atoms with Crippen LogP contribution in [0.15, 0.2) is 18.2 Å². The second kappa shape index (κ2) is 6.84. The van der Waals surface area contributed by atoms with Crippen LogP contribution in [-0.2, 0) is 0 Å². The van der Waals surface area contributed by atoms with E-state index in [4.69, 9.17) is 4.74 Å². The maximum atomic E-state index is 9.77. The highest BCUT2D eigenvalue weighted by molar-refractivity contribution is 5.98. The summed E-state index contributed by atoms with van der Waals surface area (Å²) in [6.45, 7) is 8.31. The van der Waals surface area contributed by atoms with E-state index in [9.17, 15) is 5.26 Å². The number of pyridine rings is 1. The lowest BCUT2D eigenvalue weighted by molar-refractivity contribution is 0.305. The molecule has 0 saturated carbocycles. The molecule has 0 spiro atoms. The van der Waals surface area contributed by atoms with Crippen LogP contribution in [0.4, 0.5) is 5.69 Å². The third-order valence-corrected chi connectivity index (χ3v) is 4.15. The number of ether oxygens (including phenoxy) is 1. The number of hydrogen-bond acceptors (Lipinski definition) is 5. The molecule has 1 aromatic carbocycles. The minimum atomic E-state index is 0.459. The lowest BCUT2D eigenvalue weighted by Crippen LogP contribution is -2.44. The molecule has 2 heterocycles. The molecule has 1 aliphatic heterocycles. The van der Waals surface area contributed by atoms with Crippen molar-refractivity contribution in [2.75, 3.05) is 37.7 Å². The summed E-state index contributed by atoms with van der Waals surface area (Å²) in [6, 6.07) is 8.41. The SMILES string of the molecule is CCCOc1nc2cccc(C)c2c(N2CCNCC2)c1C#N. The Hall–Kier alpha value is -2.32. The smallest absolute Gasteiger partial charge is 0.234 e. The Balaban J connectivity index is 2.24. The third-order valence-electron chi connectivity index (χ3n) is 4.15. The molecule has 1 fully saturated rings. The van der Waals surface area contributed by atoms with Crippen molar-refractivity contribution in [2.24, 2.45) is 0 Å². The second-order valence-corrected chi connectivity index (χ2v) is 5.81. The molecule has 0 aliphatic carbocycles. The second-order valence-electron chi connectivity index (χ2n) is 5.81. The van der Waals surface area contributed by atoms with E-state index in [1.54, 1.807) is 0 Å². The summed E-state index contributed by atoms with van der Waals surface area (Å²) in [5, 5.41) is 14.2. The number of benzene rings is 1. The largest absolute Gasteiger partial charge is 0.477 e. The molecule has 1 saturated heterocycles. The van der Waals surface area contributed by atoms with Crippen LogP contribution >= 0.6 is 0 Å². The summed E-state index contributed by atoms with van der Waals surface area (Å²) in [4.78, 5) is 6.90. The molecule has 120 valence electrons. The summed E-state index contributed by atoms with van der Waals surface area (Å²) in [7, 11) is 0. The van der Waals surface area contributed by atoms with E-state index in [1.165, 1.54) is 0 Å². The zero-order valence-corrected chi connectivity index (χ0v) is 13.7. The van der Waals surface area contributed by atoms with Gasteiger partial charge < -0.3 is 15.0 Å². The minimum absolute atomic E-state index is 0.459. The molecule has 3 rings (SSSR count). The first-order chi connectivity index (χ1) is 11.3. The number of anilines is 1. The highest BCUT2D eigenvalue weighted by Crippen LogP contribution is 2.37. The van der Waals surface area contributed by atoms with Crippen LogP contribution < -0.4 is 15.0 Å². The fourth-order valence-electron chi connectivity index (χ4n) is 3.05. The van der Waals surface area contributed by atoms with Crippen molar-refractivity contribution in [3.05, 3.63) is 29.3 Å². The van der Waals surface area contributed by atoms with Crippen molar-refractivity contribution in [3.8, 4) is 11.9 Å². The molecule has 5 heteroatoms. The van der Waals surface area contributed by atoms with Gasteiger partial charge in [0.05, 0.1) is 17.8 Å². The van der Waals surface area contributed by atoms with Gasteiger partial charge in [-0.1, -0.05) is 19.1 Å². The van der Waals surface area contributed by atoms with Gasteiger partial charge in [-0.05, 0) is 25.0 Å². The van der Waals surface area contributed by atoms with Gasteiger partial charge in [0.15, 0.2) is 0 Å². The van der Waals surface area contributed by atoms with Crippen molar-refractivity contribution in [1.82, 2.24) is 10.3 Å². The number of rotatable bonds is 4. The van der Waals surface area contributed by atoms with E-state index in [1.807, 2.05) is 12.1 Å². The molecule has 0 unspecified atom stereocenters. The van der Waals surface area contributed by atoms with Crippen LogP contribution in [0.25, 0.3) is 10.9 Å². The first-order valence-electron chi connectivity index (χ1n) is 8.18. The Bertz CT molecular complexity index is 745. The van der Waals surface area contributed by atoms with Crippen LogP contribution in [-0.4, -0.2) is 37.8 Å². The molecule has 0 atom stereocenters. The average molecular weight is 310 g/mol. The highest BCUT2D eigenvalue weighted by atomic mass is 16.5. The van der Waals surface area contributed by atoms with E-state index < -0.39 is 0 Å². The first-order valence-corrected chi connectivity index (χ1v) is 8.18. The monoisotopic (exact) mass is 310 g/mol. The first kappa shape index (κ1) is 15.6. The molecular weight excluding hydrogens is 288 g/mol. The summed E-state index contributed by atoms with van der Waals surface area (Å²) in [6.07, 6.45) is 0.890. The molecule has 1 N–H and O–H groups in total. The average Bonchev–Trinajstić information content (AvgIpc) is 2.59. The van der Waals surface area contributed by atoms with Crippen LogP contribution in [0.1, 0.15) is 24.5 Å². The fourth-order valence-corrected chi connectivity index (χ4v) is 3.05. The van der Waals surface area contributed by atoms with Crippen LogP contribution in [0.3, 0.4) is 0 Å². The number of piperazine rings is 1. The number of fused-ring (bicyclic) bond motifs is 1. The van der Waals surface area contributed by atoms with E-state index in [2.05, 4.69) is 41.2 Å². The van der Waals surface area contributed by atoms with Crippen molar-refractivity contribution in [3.63, 3.8) is 0 Å². The van der Waals surface area contributed by atoms with Gasteiger partial charge >= 0.3 is 0 Å². The van der Waals surface area contributed by atoms with Crippen molar-refractivity contribution >= 4 is 16.6 Å². The van der Waals surface area contributed by atoms with Gasteiger partial charge in [0.1, 0.15) is 11.6 Å². The van der Waals surface area contributed by atoms with Crippen molar-refractivity contribution < 1.29 is 4.74 Å². The Morgan fingerprint density at radius 1 is 1.35 bits per heavy atom. The molecule has 1 aromatic heterocycles. The number of nitriles is 1. The highest BCUT2D eigenvalue weighted by Gasteiger charge is 2.23. The van der Waals surface area contributed by atoms with Gasteiger partial charge in [-0.25, -0.2) is 4.98 Å². The number of aromatic nitrogens is 1. The van der Waals surface area contributed by atoms with E-state index >= 15 is 0 Å². The molecule has 1 aliphatic rings. The minimum Gasteiger partial charge on any atom is -0.477 e. The van der Waals surface area contributed by atoms with Crippen LogP contribution in [0, 0.1) is 18.3 Å². The Morgan fingerprint density at radius 2 is 2.13 bits per heavy atom. The predicted octanol–water partition coefficient (Wildman–Crippen LogP) is 2.61. The van der Waals surface area contributed by atoms with E-state index in [0.717, 1.165) is 54.8 Å². The third kappa shape index (κ3) is 2.95.